The van der Waals surface area contributed by atoms with Crippen LogP contribution in [-0.4, -0.2) is 26.9 Å². The number of ether oxygens (including phenoxy) is 1. The fourth-order valence-corrected chi connectivity index (χ4v) is 3.39. The quantitative estimate of drug-likeness (QED) is 0.552. The molecule has 0 unspecified atom stereocenters. The average Bonchev–Trinajstić information content (AvgIpc) is 3.18. The minimum atomic E-state index is 0.662. The third-order valence-corrected chi connectivity index (χ3v) is 4.87. The zero-order chi connectivity index (χ0) is 16.5. The van der Waals surface area contributed by atoms with Gasteiger partial charge < -0.3 is 4.74 Å². The van der Waals surface area contributed by atoms with Crippen LogP contribution in [0.15, 0.2) is 48.5 Å². The van der Waals surface area contributed by atoms with E-state index in [0.29, 0.717) is 11.4 Å². The summed E-state index contributed by atoms with van der Waals surface area (Å²) in [6, 6.07) is 15.5. The summed E-state index contributed by atoms with van der Waals surface area (Å²) in [6.45, 7) is 0. The van der Waals surface area contributed by atoms with Gasteiger partial charge in [0.25, 0.3) is 0 Å². The number of benzene rings is 2. The summed E-state index contributed by atoms with van der Waals surface area (Å²) in [5, 5.41) is 14.7. The van der Waals surface area contributed by atoms with Crippen molar-refractivity contribution in [3.63, 3.8) is 0 Å². The molecular formula is C17H13ClN4OS. The van der Waals surface area contributed by atoms with Crippen LogP contribution in [0.25, 0.3) is 15.5 Å². The van der Waals surface area contributed by atoms with Gasteiger partial charge in [0.2, 0.25) is 4.96 Å². The predicted octanol–water partition coefficient (Wildman–Crippen LogP) is 4.11. The van der Waals surface area contributed by atoms with Gasteiger partial charge in [-0.15, -0.1) is 10.2 Å². The fourth-order valence-electron chi connectivity index (χ4n) is 2.40. The Morgan fingerprint density at radius 3 is 2.50 bits per heavy atom. The zero-order valence-corrected chi connectivity index (χ0v) is 14.4. The van der Waals surface area contributed by atoms with Gasteiger partial charge in [-0.25, -0.2) is 0 Å². The highest BCUT2D eigenvalue weighted by molar-refractivity contribution is 7.19. The molecule has 2 aromatic carbocycles. The van der Waals surface area contributed by atoms with Crippen LogP contribution in [0.2, 0.25) is 5.02 Å². The molecule has 7 heteroatoms. The lowest BCUT2D eigenvalue weighted by atomic mass is 10.1. The number of hydrogen-bond acceptors (Lipinski definition) is 5. The van der Waals surface area contributed by atoms with Gasteiger partial charge in [0.05, 0.1) is 7.11 Å². The third kappa shape index (κ3) is 2.86. The van der Waals surface area contributed by atoms with E-state index in [9.17, 15) is 0 Å². The molecule has 2 aromatic heterocycles. The second kappa shape index (κ2) is 6.22. The number of aromatic nitrogens is 4. The first-order valence-corrected chi connectivity index (χ1v) is 8.52. The molecule has 24 heavy (non-hydrogen) atoms. The van der Waals surface area contributed by atoms with Crippen LogP contribution in [0.3, 0.4) is 0 Å². The maximum atomic E-state index is 5.94. The Labute approximate surface area is 147 Å². The third-order valence-electron chi connectivity index (χ3n) is 3.67. The highest BCUT2D eigenvalue weighted by atomic mass is 35.5. The number of fused-ring (bicyclic) bond motifs is 1. The van der Waals surface area contributed by atoms with Crippen molar-refractivity contribution in [3.8, 4) is 16.3 Å². The maximum Gasteiger partial charge on any atom is 0.234 e. The second-order valence-electron chi connectivity index (χ2n) is 5.25. The summed E-state index contributed by atoms with van der Waals surface area (Å²) >= 11 is 7.45. The van der Waals surface area contributed by atoms with Crippen LogP contribution in [-0.2, 0) is 6.42 Å². The molecule has 0 aliphatic heterocycles. The van der Waals surface area contributed by atoms with E-state index < -0.39 is 0 Å². The highest BCUT2D eigenvalue weighted by Crippen LogP contribution is 2.27. The number of nitrogens with zero attached hydrogens (tertiary/aromatic N) is 4. The topological polar surface area (TPSA) is 52.3 Å². The van der Waals surface area contributed by atoms with Crippen LogP contribution in [0.1, 0.15) is 11.4 Å². The van der Waals surface area contributed by atoms with Crippen molar-refractivity contribution in [1.29, 1.82) is 0 Å². The van der Waals surface area contributed by atoms with Crippen LogP contribution >= 0.6 is 22.9 Å². The normalized spacial score (nSPS) is 11.1. The van der Waals surface area contributed by atoms with Crippen LogP contribution in [0.5, 0.6) is 5.75 Å². The Kier molecular flexibility index (Phi) is 3.92. The van der Waals surface area contributed by atoms with Gasteiger partial charge >= 0.3 is 0 Å². The van der Waals surface area contributed by atoms with Gasteiger partial charge in [-0.3, -0.25) is 0 Å². The lowest BCUT2D eigenvalue weighted by Crippen LogP contribution is -1.97. The summed E-state index contributed by atoms with van der Waals surface area (Å²) < 4.78 is 6.99. The largest absolute Gasteiger partial charge is 0.497 e. The minimum Gasteiger partial charge on any atom is -0.497 e. The Balaban J connectivity index is 1.65. The van der Waals surface area contributed by atoms with Crippen molar-refractivity contribution < 1.29 is 4.74 Å². The summed E-state index contributed by atoms with van der Waals surface area (Å²) in [5.41, 5.74) is 2.15. The second-order valence-corrected chi connectivity index (χ2v) is 6.64. The molecule has 0 saturated carbocycles. The Morgan fingerprint density at radius 2 is 1.79 bits per heavy atom. The van der Waals surface area contributed by atoms with Crippen LogP contribution in [0.4, 0.5) is 0 Å². The van der Waals surface area contributed by atoms with Gasteiger partial charge in [0.1, 0.15) is 10.8 Å². The Hall–Kier alpha value is -2.44. The van der Waals surface area contributed by atoms with Crippen LogP contribution in [0, 0.1) is 0 Å². The van der Waals surface area contributed by atoms with Crippen molar-refractivity contribution in [2.75, 3.05) is 7.11 Å². The Morgan fingerprint density at radius 1 is 1.04 bits per heavy atom. The van der Waals surface area contributed by atoms with Gasteiger partial charge in [0.15, 0.2) is 5.82 Å². The van der Waals surface area contributed by atoms with E-state index in [2.05, 4.69) is 15.3 Å². The molecule has 5 nitrogen and oxygen atoms in total. The van der Waals surface area contributed by atoms with Crippen LogP contribution < -0.4 is 4.74 Å². The highest BCUT2D eigenvalue weighted by Gasteiger charge is 2.13. The molecule has 4 rings (SSSR count). The molecule has 120 valence electrons. The molecule has 0 spiro atoms. The molecule has 0 fully saturated rings. The van der Waals surface area contributed by atoms with Crippen molar-refractivity contribution >= 4 is 27.9 Å². The van der Waals surface area contributed by atoms with E-state index in [1.165, 1.54) is 11.3 Å². The van der Waals surface area contributed by atoms with Crippen molar-refractivity contribution in [2.45, 2.75) is 6.42 Å². The SMILES string of the molecule is COc1ccc(Cc2nnc3sc(-c4ccc(Cl)cc4)nn23)cc1. The van der Waals surface area contributed by atoms with E-state index in [1.807, 2.05) is 48.5 Å². The van der Waals surface area contributed by atoms with Gasteiger partial charge in [-0.2, -0.15) is 9.61 Å². The molecule has 0 bridgehead atoms. The van der Waals surface area contributed by atoms with Crippen molar-refractivity contribution in [1.82, 2.24) is 19.8 Å². The molecule has 0 amide bonds. The summed E-state index contributed by atoms with van der Waals surface area (Å²) in [5.74, 6) is 1.65. The summed E-state index contributed by atoms with van der Waals surface area (Å²) in [6.07, 6.45) is 0.662. The number of methoxy groups -OCH3 is 1. The standard InChI is InChI=1S/C17H13ClN4OS/c1-23-14-8-2-11(3-9-14)10-15-19-20-17-22(15)21-16(24-17)12-4-6-13(18)7-5-12/h2-9H,10H2,1H3. The lowest BCUT2D eigenvalue weighted by molar-refractivity contribution is 0.414. The molecule has 0 N–H and O–H groups in total. The summed E-state index contributed by atoms with van der Waals surface area (Å²) in [7, 11) is 1.66. The molecule has 0 atom stereocenters. The summed E-state index contributed by atoms with van der Waals surface area (Å²) in [4.78, 5) is 0.781. The lowest BCUT2D eigenvalue weighted by Gasteiger charge is -2.01. The van der Waals surface area contributed by atoms with Gasteiger partial charge in [-0.05, 0) is 29.8 Å². The monoisotopic (exact) mass is 356 g/mol. The van der Waals surface area contributed by atoms with E-state index in [1.54, 1.807) is 11.6 Å². The molecule has 0 aliphatic rings. The Bertz CT molecular complexity index is 976. The van der Waals surface area contributed by atoms with Crippen molar-refractivity contribution in [3.05, 3.63) is 64.9 Å². The first-order chi connectivity index (χ1) is 11.7. The number of hydrogen-bond donors (Lipinski definition) is 0. The average molecular weight is 357 g/mol. The maximum absolute atomic E-state index is 5.94. The van der Waals surface area contributed by atoms with E-state index in [-0.39, 0.29) is 0 Å². The molecule has 0 radical (unpaired) electrons. The van der Waals surface area contributed by atoms with Crippen molar-refractivity contribution in [2.24, 2.45) is 0 Å². The molecule has 2 heterocycles. The van der Waals surface area contributed by atoms with E-state index in [4.69, 9.17) is 16.3 Å². The zero-order valence-electron chi connectivity index (χ0n) is 12.8. The molecular weight excluding hydrogens is 344 g/mol. The van der Waals surface area contributed by atoms with Gasteiger partial charge in [-0.1, -0.05) is 47.2 Å². The molecule has 4 aromatic rings. The first kappa shape index (κ1) is 15.1. The molecule has 0 saturated heterocycles. The molecule has 0 aliphatic carbocycles. The van der Waals surface area contributed by atoms with E-state index >= 15 is 0 Å². The number of halogens is 1. The fraction of sp³-hybridized carbons (Fsp3) is 0.118. The number of rotatable bonds is 4. The smallest absolute Gasteiger partial charge is 0.234 e. The predicted molar refractivity (Wildman–Crippen MR) is 94.9 cm³/mol. The van der Waals surface area contributed by atoms with E-state index in [0.717, 1.165) is 32.7 Å². The first-order valence-electron chi connectivity index (χ1n) is 7.33. The minimum absolute atomic E-state index is 0.662. The van der Waals surface area contributed by atoms with Gasteiger partial charge in [0, 0.05) is 17.0 Å².